The van der Waals surface area contributed by atoms with Crippen LogP contribution in [0.1, 0.15) is 31.4 Å². The number of thioether (sulfide) groups is 1. The molecule has 0 radical (unpaired) electrons. The molecular weight excluding hydrogens is 230 g/mol. The van der Waals surface area contributed by atoms with Crippen LogP contribution in [-0.4, -0.2) is 25.5 Å². The second kappa shape index (κ2) is 7.04. The summed E-state index contributed by atoms with van der Waals surface area (Å²) < 4.78 is 5.35. The summed E-state index contributed by atoms with van der Waals surface area (Å²) in [5.41, 5.74) is 1.47. The van der Waals surface area contributed by atoms with Crippen molar-refractivity contribution >= 4 is 11.8 Å². The van der Waals surface area contributed by atoms with Gasteiger partial charge in [0.25, 0.3) is 0 Å². The van der Waals surface area contributed by atoms with Crippen LogP contribution in [0, 0.1) is 0 Å². The molecule has 1 aromatic carbocycles. The zero-order valence-electron chi connectivity index (χ0n) is 10.4. The van der Waals surface area contributed by atoms with Gasteiger partial charge in [-0.1, -0.05) is 18.2 Å². The largest absolute Gasteiger partial charge is 0.382 e. The lowest BCUT2D eigenvalue weighted by Crippen LogP contribution is -2.26. The normalized spacial score (nSPS) is 19.0. The second-order valence-corrected chi connectivity index (χ2v) is 5.37. The fourth-order valence-electron chi connectivity index (χ4n) is 2.15. The van der Waals surface area contributed by atoms with Gasteiger partial charge in [-0.15, -0.1) is 11.8 Å². The summed E-state index contributed by atoms with van der Waals surface area (Å²) in [4.78, 5) is 1.45. The Labute approximate surface area is 108 Å². The third kappa shape index (κ3) is 3.73. The summed E-state index contributed by atoms with van der Waals surface area (Å²) in [5.74, 6) is 1.22. The summed E-state index contributed by atoms with van der Waals surface area (Å²) in [6, 6.07) is 9.28. The van der Waals surface area contributed by atoms with E-state index >= 15 is 0 Å². The maximum absolute atomic E-state index is 5.35. The smallest absolute Gasteiger partial charge is 0.0477 e. The van der Waals surface area contributed by atoms with E-state index in [1.165, 1.54) is 22.6 Å². The van der Waals surface area contributed by atoms with Crippen molar-refractivity contribution in [2.75, 3.05) is 25.5 Å². The van der Waals surface area contributed by atoms with Crippen LogP contribution in [0.2, 0.25) is 0 Å². The Morgan fingerprint density at radius 3 is 3.18 bits per heavy atom. The van der Waals surface area contributed by atoms with Crippen molar-refractivity contribution in [3.8, 4) is 0 Å². The van der Waals surface area contributed by atoms with Gasteiger partial charge in [0.05, 0.1) is 0 Å². The van der Waals surface area contributed by atoms with E-state index in [2.05, 4.69) is 29.6 Å². The number of ether oxygens (including phenoxy) is 1. The van der Waals surface area contributed by atoms with Crippen LogP contribution >= 0.6 is 11.8 Å². The van der Waals surface area contributed by atoms with Gasteiger partial charge in [-0.3, -0.25) is 0 Å². The highest BCUT2D eigenvalue weighted by Crippen LogP contribution is 2.35. The highest BCUT2D eigenvalue weighted by molar-refractivity contribution is 7.99. The minimum Gasteiger partial charge on any atom is -0.382 e. The molecule has 2 nitrogen and oxygen atoms in total. The molecule has 1 N–H and O–H groups in total. The third-order valence-corrected chi connectivity index (χ3v) is 4.14. The summed E-state index contributed by atoms with van der Waals surface area (Å²) >= 11 is 1.98. The Morgan fingerprint density at radius 1 is 1.41 bits per heavy atom. The van der Waals surface area contributed by atoms with Gasteiger partial charge in [-0.25, -0.2) is 0 Å². The summed E-state index contributed by atoms with van der Waals surface area (Å²) in [7, 11) is 0. The quantitative estimate of drug-likeness (QED) is 0.784. The molecule has 0 amide bonds. The number of benzene rings is 1. The zero-order chi connectivity index (χ0) is 11.9. The Morgan fingerprint density at radius 2 is 2.29 bits per heavy atom. The molecule has 94 valence electrons. The van der Waals surface area contributed by atoms with Gasteiger partial charge < -0.3 is 10.1 Å². The van der Waals surface area contributed by atoms with E-state index in [4.69, 9.17) is 4.74 Å². The molecular formula is C14H21NOS. The highest BCUT2D eigenvalue weighted by atomic mass is 32.2. The molecule has 0 bridgehead atoms. The molecule has 2 rings (SSSR count). The van der Waals surface area contributed by atoms with Crippen LogP contribution in [0.3, 0.4) is 0 Å². The lowest BCUT2D eigenvalue weighted by atomic mass is 10.0. The van der Waals surface area contributed by atoms with E-state index in [0.717, 1.165) is 26.2 Å². The molecule has 0 aliphatic carbocycles. The standard InChI is InChI=1S/C14H21NOS/c1-2-16-10-5-9-15-13-8-11-17-14-7-4-3-6-12(13)14/h3-4,6-7,13,15H,2,5,8-11H2,1H3. The average molecular weight is 251 g/mol. The highest BCUT2D eigenvalue weighted by Gasteiger charge is 2.18. The Kier molecular flexibility index (Phi) is 5.36. The van der Waals surface area contributed by atoms with Gasteiger partial charge in [-0.05, 0) is 43.7 Å². The number of fused-ring (bicyclic) bond motifs is 1. The van der Waals surface area contributed by atoms with E-state index in [-0.39, 0.29) is 0 Å². The van der Waals surface area contributed by atoms with Crippen molar-refractivity contribution in [3.63, 3.8) is 0 Å². The first-order valence-corrected chi connectivity index (χ1v) is 7.43. The monoisotopic (exact) mass is 251 g/mol. The van der Waals surface area contributed by atoms with E-state index in [0.29, 0.717) is 6.04 Å². The van der Waals surface area contributed by atoms with Crippen molar-refractivity contribution in [2.45, 2.75) is 30.7 Å². The summed E-state index contributed by atoms with van der Waals surface area (Å²) in [6.07, 6.45) is 2.33. The maximum Gasteiger partial charge on any atom is 0.0477 e. The van der Waals surface area contributed by atoms with E-state index < -0.39 is 0 Å². The molecule has 1 aliphatic heterocycles. The van der Waals surface area contributed by atoms with Gasteiger partial charge in [0.1, 0.15) is 0 Å². The minimum atomic E-state index is 0.536. The number of rotatable bonds is 6. The number of nitrogens with one attached hydrogen (secondary N) is 1. The molecule has 0 spiro atoms. The molecule has 0 aromatic heterocycles. The SMILES string of the molecule is CCOCCCNC1CCSc2ccccc21. The molecule has 1 aromatic rings. The van der Waals surface area contributed by atoms with Crippen LogP contribution in [0.4, 0.5) is 0 Å². The predicted octanol–water partition coefficient (Wildman–Crippen LogP) is 3.24. The molecule has 1 aliphatic rings. The van der Waals surface area contributed by atoms with E-state index in [9.17, 15) is 0 Å². The Hall–Kier alpha value is -0.510. The van der Waals surface area contributed by atoms with Gasteiger partial charge in [-0.2, -0.15) is 0 Å². The molecule has 1 atom stereocenters. The first-order valence-electron chi connectivity index (χ1n) is 6.44. The second-order valence-electron chi connectivity index (χ2n) is 4.23. The average Bonchev–Trinajstić information content (AvgIpc) is 2.39. The number of hydrogen-bond acceptors (Lipinski definition) is 3. The fraction of sp³-hybridized carbons (Fsp3) is 0.571. The molecule has 0 saturated heterocycles. The van der Waals surface area contributed by atoms with Crippen molar-refractivity contribution in [1.82, 2.24) is 5.32 Å². The van der Waals surface area contributed by atoms with Gasteiger partial charge in [0, 0.05) is 24.2 Å². The fourth-order valence-corrected chi connectivity index (χ4v) is 3.27. The van der Waals surface area contributed by atoms with Crippen LogP contribution < -0.4 is 5.32 Å². The summed E-state index contributed by atoms with van der Waals surface area (Å²) in [6.45, 7) is 4.78. The maximum atomic E-state index is 5.35. The lowest BCUT2D eigenvalue weighted by Gasteiger charge is -2.26. The van der Waals surface area contributed by atoms with Crippen LogP contribution in [0.15, 0.2) is 29.2 Å². The molecule has 3 heteroatoms. The van der Waals surface area contributed by atoms with E-state index in [1.54, 1.807) is 0 Å². The first kappa shape index (κ1) is 12.9. The minimum absolute atomic E-state index is 0.536. The van der Waals surface area contributed by atoms with E-state index in [1.807, 2.05) is 18.7 Å². The zero-order valence-corrected chi connectivity index (χ0v) is 11.3. The number of hydrogen-bond donors (Lipinski definition) is 1. The molecule has 1 heterocycles. The predicted molar refractivity (Wildman–Crippen MR) is 73.6 cm³/mol. The van der Waals surface area contributed by atoms with Crippen molar-refractivity contribution in [3.05, 3.63) is 29.8 Å². The van der Waals surface area contributed by atoms with Crippen molar-refractivity contribution in [2.24, 2.45) is 0 Å². The van der Waals surface area contributed by atoms with Crippen LogP contribution in [0.25, 0.3) is 0 Å². The topological polar surface area (TPSA) is 21.3 Å². The lowest BCUT2D eigenvalue weighted by molar-refractivity contribution is 0.144. The van der Waals surface area contributed by atoms with Crippen molar-refractivity contribution in [1.29, 1.82) is 0 Å². The van der Waals surface area contributed by atoms with Gasteiger partial charge in [0.15, 0.2) is 0 Å². The summed E-state index contributed by atoms with van der Waals surface area (Å²) in [5, 5.41) is 3.64. The van der Waals surface area contributed by atoms with Crippen LogP contribution in [-0.2, 0) is 4.74 Å². The molecule has 17 heavy (non-hydrogen) atoms. The van der Waals surface area contributed by atoms with Gasteiger partial charge in [0.2, 0.25) is 0 Å². The van der Waals surface area contributed by atoms with Crippen molar-refractivity contribution < 1.29 is 4.74 Å². The van der Waals surface area contributed by atoms with Crippen LogP contribution in [0.5, 0.6) is 0 Å². The Balaban J connectivity index is 1.82. The third-order valence-electron chi connectivity index (χ3n) is 3.02. The first-order chi connectivity index (χ1) is 8.42. The molecule has 0 saturated carbocycles. The molecule has 0 fully saturated rings. The molecule has 1 unspecified atom stereocenters. The van der Waals surface area contributed by atoms with Gasteiger partial charge >= 0.3 is 0 Å². The Bertz CT molecular complexity index is 343.